The number of aryl methyl sites for hydroxylation is 1. The number of anilines is 1. The van der Waals surface area contributed by atoms with Gasteiger partial charge in [0.2, 0.25) is 0 Å². The molecule has 3 aromatic rings. The Hall–Kier alpha value is -3.24. The summed E-state index contributed by atoms with van der Waals surface area (Å²) in [5.41, 5.74) is 1.23. The van der Waals surface area contributed by atoms with Crippen LogP contribution in [0.2, 0.25) is 0 Å². The Kier molecular flexibility index (Phi) is 6.07. The quantitative estimate of drug-likeness (QED) is 0.479. The molecule has 6 rings (SSSR count). The highest BCUT2D eigenvalue weighted by Gasteiger charge is 2.43. The van der Waals surface area contributed by atoms with Crippen LogP contribution in [-0.2, 0) is 42.9 Å². The summed E-state index contributed by atoms with van der Waals surface area (Å²) in [6.07, 6.45) is -1.25. The molecule has 3 aliphatic rings. The first-order valence-corrected chi connectivity index (χ1v) is 12.9. The molecule has 3 aliphatic heterocycles. The van der Waals surface area contributed by atoms with Gasteiger partial charge in [-0.25, -0.2) is 0 Å². The Morgan fingerprint density at radius 2 is 2.00 bits per heavy atom. The van der Waals surface area contributed by atoms with E-state index in [2.05, 4.69) is 22.0 Å². The average Bonchev–Trinajstić information content (AvgIpc) is 3.54. The number of amides is 1. The van der Waals surface area contributed by atoms with Gasteiger partial charge in [-0.1, -0.05) is 19.1 Å². The number of carbonyl (C=O) groups is 1. The van der Waals surface area contributed by atoms with Gasteiger partial charge in [0.25, 0.3) is 5.91 Å². The zero-order chi connectivity index (χ0) is 26.7. The fraction of sp³-hybridized carbons (Fsp3) is 0.464. The normalized spacial score (nSPS) is 21.1. The number of aromatic nitrogens is 3. The smallest absolute Gasteiger partial charge is 0.379 e. The van der Waals surface area contributed by atoms with Gasteiger partial charge in [0.1, 0.15) is 12.2 Å². The molecule has 1 atom stereocenters. The molecule has 2 aromatic carbocycles. The summed E-state index contributed by atoms with van der Waals surface area (Å²) in [7, 11) is 1.88. The molecule has 0 spiro atoms. The van der Waals surface area contributed by atoms with Crippen molar-refractivity contribution in [2.75, 3.05) is 31.2 Å². The van der Waals surface area contributed by atoms with Crippen molar-refractivity contribution >= 4 is 11.6 Å². The molecule has 0 aliphatic carbocycles. The second-order valence-corrected chi connectivity index (χ2v) is 11.0. The first-order valence-electron chi connectivity index (χ1n) is 12.9. The number of fused-ring (bicyclic) bond motifs is 1. The van der Waals surface area contributed by atoms with Crippen LogP contribution in [0, 0.1) is 5.92 Å². The molecule has 2 fully saturated rings. The predicted molar refractivity (Wildman–Crippen MR) is 135 cm³/mol. The molecule has 0 radical (unpaired) electrons. The van der Waals surface area contributed by atoms with E-state index in [1.54, 1.807) is 18.5 Å². The summed E-state index contributed by atoms with van der Waals surface area (Å²) in [5, 5.41) is 8.18. The van der Waals surface area contributed by atoms with Crippen LogP contribution in [0.15, 0.2) is 42.7 Å². The molecular formula is C28H30F3N5O2. The third-order valence-corrected chi connectivity index (χ3v) is 8.15. The minimum absolute atomic E-state index is 0.0484. The molecule has 38 heavy (non-hydrogen) atoms. The summed E-state index contributed by atoms with van der Waals surface area (Å²) >= 11 is 0. The van der Waals surface area contributed by atoms with E-state index in [1.165, 1.54) is 11.0 Å². The lowest BCUT2D eigenvalue weighted by Gasteiger charge is -2.42. The maximum absolute atomic E-state index is 14.2. The third kappa shape index (κ3) is 4.39. The largest absolute Gasteiger partial charge is 0.416 e. The van der Waals surface area contributed by atoms with Crippen LogP contribution in [0.4, 0.5) is 18.9 Å². The summed E-state index contributed by atoms with van der Waals surface area (Å²) in [5.74, 6) is 0.943. The van der Waals surface area contributed by atoms with Gasteiger partial charge in [-0.05, 0) is 59.8 Å². The second-order valence-electron chi connectivity index (χ2n) is 11.0. The van der Waals surface area contributed by atoms with Crippen molar-refractivity contribution in [1.82, 2.24) is 19.7 Å². The number of rotatable bonds is 6. The minimum atomic E-state index is -4.54. The van der Waals surface area contributed by atoms with Crippen molar-refractivity contribution < 1.29 is 22.7 Å². The Morgan fingerprint density at radius 3 is 2.63 bits per heavy atom. The van der Waals surface area contributed by atoms with Crippen LogP contribution in [0.5, 0.6) is 0 Å². The molecule has 200 valence electrons. The van der Waals surface area contributed by atoms with Gasteiger partial charge in [0.05, 0.1) is 25.3 Å². The summed E-state index contributed by atoms with van der Waals surface area (Å²) < 4.78 is 50.0. The average molecular weight is 526 g/mol. The highest BCUT2D eigenvalue weighted by Crippen LogP contribution is 2.42. The maximum Gasteiger partial charge on any atom is 0.416 e. The zero-order valence-corrected chi connectivity index (χ0v) is 21.5. The number of halogens is 3. The molecule has 2 saturated heterocycles. The number of alkyl halides is 3. The van der Waals surface area contributed by atoms with E-state index >= 15 is 0 Å². The molecule has 0 bridgehead atoms. The highest BCUT2D eigenvalue weighted by atomic mass is 19.4. The van der Waals surface area contributed by atoms with Crippen molar-refractivity contribution in [2.24, 2.45) is 13.0 Å². The van der Waals surface area contributed by atoms with E-state index in [-0.39, 0.29) is 23.1 Å². The predicted octanol–water partition coefficient (Wildman–Crippen LogP) is 4.35. The molecule has 1 aromatic heterocycles. The number of hydrogen-bond donors (Lipinski definition) is 0. The van der Waals surface area contributed by atoms with E-state index in [0.717, 1.165) is 30.9 Å². The van der Waals surface area contributed by atoms with Crippen LogP contribution in [0.25, 0.3) is 0 Å². The summed E-state index contributed by atoms with van der Waals surface area (Å²) in [6, 6.07) is 10.4. The Balaban J connectivity index is 1.31. The number of ether oxygens (including phenoxy) is 1. The Bertz CT molecular complexity index is 1380. The monoisotopic (exact) mass is 525 g/mol. The van der Waals surface area contributed by atoms with Gasteiger partial charge in [-0.2, -0.15) is 13.2 Å². The molecule has 1 amide bonds. The first-order chi connectivity index (χ1) is 18.1. The number of hydrogen-bond acceptors (Lipinski definition) is 5. The molecule has 7 nitrogen and oxygen atoms in total. The fourth-order valence-corrected chi connectivity index (χ4v) is 5.94. The molecule has 0 saturated carbocycles. The number of nitrogens with zero attached hydrogens (tertiary/aromatic N) is 5. The lowest BCUT2D eigenvalue weighted by Crippen LogP contribution is -2.49. The van der Waals surface area contributed by atoms with Crippen molar-refractivity contribution in [2.45, 2.75) is 44.4 Å². The lowest BCUT2D eigenvalue weighted by molar-refractivity contribution is -0.138. The SMILES string of the molecule is C[C@H]1CCN(Cc2cc3c(c(C(F)(F)F)c2)CN(c2cccc(C4(Cc5nncn5C)COC4)c2)C3=O)C1. The number of benzene rings is 2. The van der Waals surface area contributed by atoms with Gasteiger partial charge in [0, 0.05) is 43.2 Å². The summed E-state index contributed by atoms with van der Waals surface area (Å²) in [6.45, 7) is 5.14. The number of carbonyl (C=O) groups excluding carboxylic acids is 1. The standard InChI is InChI=1S/C28H30F3N5O2/c1-18-6-7-35(12-18)13-19-8-22-23(24(9-19)28(29,30)31)14-36(26(22)37)21-5-3-4-20(10-21)27(15-38-16-27)11-25-33-32-17-34(25)2/h3-5,8-10,17-18H,6-7,11-16H2,1-2H3/t18-/m0/s1. The van der Waals surface area contributed by atoms with Gasteiger partial charge in [-0.15, -0.1) is 10.2 Å². The van der Waals surface area contributed by atoms with Gasteiger partial charge in [0.15, 0.2) is 0 Å². The molecule has 0 N–H and O–H groups in total. The Morgan fingerprint density at radius 1 is 1.18 bits per heavy atom. The highest BCUT2D eigenvalue weighted by molar-refractivity contribution is 6.10. The maximum atomic E-state index is 14.2. The van der Waals surface area contributed by atoms with Crippen LogP contribution in [0.1, 0.15) is 51.8 Å². The van der Waals surface area contributed by atoms with Gasteiger partial charge in [-0.3, -0.25) is 9.69 Å². The second kappa shape index (κ2) is 9.20. The molecule has 4 heterocycles. The van der Waals surface area contributed by atoms with E-state index < -0.39 is 17.6 Å². The fourth-order valence-electron chi connectivity index (χ4n) is 5.94. The van der Waals surface area contributed by atoms with Crippen molar-refractivity contribution in [1.29, 1.82) is 0 Å². The van der Waals surface area contributed by atoms with Crippen LogP contribution in [-0.4, -0.2) is 51.9 Å². The number of likely N-dealkylation sites (tertiary alicyclic amines) is 1. The molecular weight excluding hydrogens is 495 g/mol. The van der Waals surface area contributed by atoms with E-state index in [0.29, 0.717) is 43.3 Å². The summed E-state index contributed by atoms with van der Waals surface area (Å²) in [4.78, 5) is 17.2. The first kappa shape index (κ1) is 25.1. The van der Waals surface area contributed by atoms with Crippen LogP contribution in [0.3, 0.4) is 0 Å². The van der Waals surface area contributed by atoms with E-state index in [1.807, 2.05) is 29.8 Å². The van der Waals surface area contributed by atoms with Crippen molar-refractivity contribution in [3.8, 4) is 0 Å². The topological polar surface area (TPSA) is 63.5 Å². The van der Waals surface area contributed by atoms with E-state index in [9.17, 15) is 18.0 Å². The third-order valence-electron chi connectivity index (χ3n) is 8.15. The lowest BCUT2D eigenvalue weighted by atomic mass is 9.75. The zero-order valence-electron chi connectivity index (χ0n) is 21.5. The van der Waals surface area contributed by atoms with Crippen LogP contribution >= 0.6 is 0 Å². The molecule has 10 heteroatoms. The van der Waals surface area contributed by atoms with Crippen molar-refractivity contribution in [3.63, 3.8) is 0 Å². The van der Waals surface area contributed by atoms with E-state index in [4.69, 9.17) is 4.74 Å². The van der Waals surface area contributed by atoms with Crippen LogP contribution < -0.4 is 4.90 Å². The minimum Gasteiger partial charge on any atom is -0.379 e. The van der Waals surface area contributed by atoms with Gasteiger partial charge >= 0.3 is 6.18 Å². The molecule has 0 unspecified atom stereocenters. The van der Waals surface area contributed by atoms with Crippen molar-refractivity contribution in [3.05, 3.63) is 76.4 Å². The Labute approximate surface area is 219 Å². The van der Waals surface area contributed by atoms with Gasteiger partial charge < -0.3 is 14.2 Å².